The molecule has 0 saturated carbocycles. The van der Waals surface area contributed by atoms with E-state index in [9.17, 15) is 0 Å². The minimum absolute atomic E-state index is 0.190. The number of rotatable bonds is 5. The van der Waals surface area contributed by atoms with Gasteiger partial charge < -0.3 is 4.90 Å². The minimum atomic E-state index is -0.536. The zero-order valence-electron chi connectivity index (χ0n) is 37.7. The second-order valence-corrected chi connectivity index (χ2v) is 20.3. The van der Waals surface area contributed by atoms with Crippen LogP contribution in [0.5, 0.6) is 0 Å². The van der Waals surface area contributed by atoms with Crippen LogP contribution in [0.25, 0.3) is 65.0 Å². The fourth-order valence-corrected chi connectivity index (χ4v) is 14.2. The molecule has 0 radical (unpaired) electrons. The highest BCUT2D eigenvalue weighted by Crippen LogP contribution is 2.70. The van der Waals surface area contributed by atoms with Gasteiger partial charge in [-0.25, -0.2) is 0 Å². The van der Waals surface area contributed by atoms with Gasteiger partial charge in [-0.05, 0) is 128 Å². The summed E-state index contributed by atoms with van der Waals surface area (Å²) in [5, 5.41) is 6.58. The predicted octanol–water partition coefficient (Wildman–Crippen LogP) is 17.5. The van der Waals surface area contributed by atoms with E-state index in [1.807, 2.05) is 11.3 Å². The molecule has 1 aliphatic heterocycles. The van der Waals surface area contributed by atoms with Crippen LogP contribution in [0.3, 0.4) is 0 Å². The summed E-state index contributed by atoms with van der Waals surface area (Å²) < 4.78 is 1.35. The van der Waals surface area contributed by atoms with Crippen LogP contribution in [0.4, 0.5) is 11.4 Å². The van der Waals surface area contributed by atoms with Crippen molar-refractivity contribution in [3.63, 3.8) is 0 Å². The number of anilines is 2. The van der Waals surface area contributed by atoms with Crippen LogP contribution in [-0.2, 0) is 16.4 Å². The number of benzene rings is 9. The lowest BCUT2D eigenvalue weighted by molar-refractivity contribution is 0.410. The topological polar surface area (TPSA) is 3.24 Å². The molecule has 0 fully saturated rings. The first-order chi connectivity index (χ1) is 32.3. The molecule has 10 aromatic rings. The summed E-state index contributed by atoms with van der Waals surface area (Å²) in [5.74, 6) is 0.190. The molecular formula is C64H49NS. The lowest BCUT2D eigenvalue weighted by atomic mass is 9.50. The number of nitrogens with zero attached hydrogens (tertiary/aromatic N) is 1. The van der Waals surface area contributed by atoms with E-state index in [0.717, 1.165) is 0 Å². The summed E-state index contributed by atoms with van der Waals surface area (Å²) in [6.45, 7) is 10.1. The first kappa shape index (κ1) is 39.1. The maximum absolute atomic E-state index is 2.78. The molecule has 66 heavy (non-hydrogen) atoms. The Balaban J connectivity index is 1.05. The van der Waals surface area contributed by atoms with Gasteiger partial charge in [0.1, 0.15) is 0 Å². The number of fused-ring (bicyclic) bond motifs is 11. The van der Waals surface area contributed by atoms with Crippen molar-refractivity contribution in [1.29, 1.82) is 0 Å². The fraction of sp³-hybridized carbons (Fsp3) is 0.125. The molecule has 1 nitrogen and oxygen atoms in total. The normalized spacial score (nSPS) is 21.8. The standard InChI is InChI=1S/C64H49NS/c1-41-56-54-28-15-16-29-55(54)66-61(56)64(4)60-57(41)62(2,48-22-9-6-10-23-48)38-39-63(60,3)58-52-26-13-11-24-50(52)51-25-12-14-27-53(51)59(58)65(64)49-36-34-44(35-37-49)43-30-32-45(33-31-43)47-21-17-20-46(40-47)42-18-7-5-8-19-42/h5-41H,1-4H3. The van der Waals surface area contributed by atoms with E-state index < -0.39 is 11.0 Å². The molecule has 0 spiro atoms. The van der Waals surface area contributed by atoms with Crippen LogP contribution >= 0.6 is 11.3 Å². The first-order valence-corrected chi connectivity index (χ1v) is 24.2. The SMILES string of the molecule is CC1C2=C3C(C)(C=CC2(C)c2ccccc2)c2c(c4ccccc4c4ccccc24)N(c2ccc(-c4ccc(-c5cccc(-c6ccccc6)c5)cc4)cc2)C3(C)c2sc3ccccc3c21. The Morgan fingerprint density at radius 3 is 1.59 bits per heavy atom. The van der Waals surface area contributed by atoms with Crippen LogP contribution in [-0.4, -0.2) is 0 Å². The lowest BCUT2D eigenvalue weighted by Gasteiger charge is -2.61. The third-order valence-electron chi connectivity index (χ3n) is 15.6. The molecule has 316 valence electrons. The second-order valence-electron chi connectivity index (χ2n) is 19.2. The van der Waals surface area contributed by atoms with Crippen molar-refractivity contribution in [1.82, 2.24) is 0 Å². The van der Waals surface area contributed by atoms with Gasteiger partial charge in [-0.2, -0.15) is 0 Å². The van der Waals surface area contributed by atoms with Crippen molar-refractivity contribution in [2.75, 3.05) is 4.90 Å². The third kappa shape index (κ3) is 5.40. The molecule has 2 aliphatic carbocycles. The molecule has 0 N–H and O–H groups in total. The average Bonchev–Trinajstić information content (AvgIpc) is 3.78. The first-order valence-electron chi connectivity index (χ1n) is 23.4. The highest BCUT2D eigenvalue weighted by molar-refractivity contribution is 7.19. The van der Waals surface area contributed by atoms with E-state index in [4.69, 9.17) is 0 Å². The minimum Gasteiger partial charge on any atom is -0.326 e. The quantitative estimate of drug-likeness (QED) is 0.123. The molecule has 13 rings (SSSR count). The van der Waals surface area contributed by atoms with E-state index in [0.29, 0.717) is 0 Å². The third-order valence-corrected chi connectivity index (χ3v) is 17.0. The molecule has 0 saturated heterocycles. The van der Waals surface area contributed by atoms with Gasteiger partial charge in [0, 0.05) is 37.4 Å². The van der Waals surface area contributed by atoms with Gasteiger partial charge in [0.25, 0.3) is 0 Å². The van der Waals surface area contributed by atoms with Crippen molar-refractivity contribution in [3.8, 4) is 33.4 Å². The maximum Gasteiger partial charge on any atom is 0.0997 e. The van der Waals surface area contributed by atoms with Crippen LogP contribution in [0.1, 0.15) is 55.2 Å². The molecule has 1 aromatic heterocycles. The Morgan fingerprint density at radius 1 is 0.439 bits per heavy atom. The van der Waals surface area contributed by atoms with E-state index >= 15 is 0 Å². The average molecular weight is 864 g/mol. The molecule has 2 heterocycles. The van der Waals surface area contributed by atoms with Crippen LogP contribution in [0.2, 0.25) is 0 Å². The van der Waals surface area contributed by atoms with E-state index in [1.54, 1.807) is 0 Å². The van der Waals surface area contributed by atoms with Gasteiger partial charge in [0.05, 0.1) is 11.2 Å². The van der Waals surface area contributed by atoms with E-state index in [-0.39, 0.29) is 11.3 Å². The highest BCUT2D eigenvalue weighted by atomic mass is 32.1. The Hall–Kier alpha value is -7.26. The number of hydrogen-bond acceptors (Lipinski definition) is 2. The van der Waals surface area contributed by atoms with Crippen molar-refractivity contribution < 1.29 is 0 Å². The van der Waals surface area contributed by atoms with E-state index in [2.05, 4.69) is 251 Å². The summed E-state index contributed by atoms with van der Waals surface area (Å²) in [6.07, 6.45) is 5.17. The van der Waals surface area contributed by atoms with Gasteiger partial charge in [-0.1, -0.05) is 201 Å². The van der Waals surface area contributed by atoms with Crippen LogP contribution in [0, 0.1) is 0 Å². The second kappa shape index (κ2) is 14.4. The molecule has 4 unspecified atom stereocenters. The van der Waals surface area contributed by atoms with Gasteiger partial charge in [0.15, 0.2) is 0 Å². The number of allylic oxidation sites excluding steroid dienone is 3. The summed E-state index contributed by atoms with van der Waals surface area (Å²) in [6, 6.07) is 76.9. The van der Waals surface area contributed by atoms with Crippen LogP contribution < -0.4 is 4.90 Å². The molecule has 0 amide bonds. The fourth-order valence-electron chi connectivity index (χ4n) is 12.7. The van der Waals surface area contributed by atoms with Crippen molar-refractivity contribution in [2.45, 2.75) is 50.0 Å². The van der Waals surface area contributed by atoms with Crippen molar-refractivity contribution in [3.05, 3.63) is 251 Å². The van der Waals surface area contributed by atoms with Gasteiger partial charge in [0.2, 0.25) is 0 Å². The molecular weight excluding hydrogens is 815 g/mol. The summed E-state index contributed by atoms with van der Waals surface area (Å²) >= 11 is 2.00. The summed E-state index contributed by atoms with van der Waals surface area (Å²) in [4.78, 5) is 4.23. The maximum atomic E-state index is 2.78. The molecule has 4 atom stereocenters. The predicted molar refractivity (Wildman–Crippen MR) is 281 cm³/mol. The Morgan fingerprint density at radius 2 is 0.924 bits per heavy atom. The Kier molecular flexibility index (Phi) is 8.52. The smallest absolute Gasteiger partial charge is 0.0997 e. The zero-order chi connectivity index (χ0) is 44.4. The Labute approximate surface area is 391 Å². The lowest BCUT2D eigenvalue weighted by Crippen LogP contribution is -2.57. The summed E-state index contributed by atoms with van der Waals surface area (Å²) in [7, 11) is 0. The number of thiophene rings is 1. The van der Waals surface area contributed by atoms with Gasteiger partial charge in [-0.3, -0.25) is 0 Å². The largest absolute Gasteiger partial charge is 0.326 e. The van der Waals surface area contributed by atoms with Crippen LogP contribution in [0.15, 0.2) is 230 Å². The van der Waals surface area contributed by atoms with Crippen molar-refractivity contribution in [2.24, 2.45) is 0 Å². The highest BCUT2D eigenvalue weighted by Gasteiger charge is 2.61. The molecule has 2 heteroatoms. The number of hydrogen-bond donors (Lipinski definition) is 0. The van der Waals surface area contributed by atoms with Gasteiger partial charge >= 0.3 is 0 Å². The van der Waals surface area contributed by atoms with E-state index in [1.165, 1.54) is 109 Å². The van der Waals surface area contributed by atoms with Crippen molar-refractivity contribution >= 4 is 54.3 Å². The van der Waals surface area contributed by atoms with Gasteiger partial charge in [-0.15, -0.1) is 11.3 Å². The summed E-state index contributed by atoms with van der Waals surface area (Å²) in [5.41, 5.74) is 15.8. The monoisotopic (exact) mass is 863 g/mol. The Bertz CT molecular complexity index is 3630. The molecule has 3 aliphatic rings. The molecule has 0 bridgehead atoms. The zero-order valence-corrected chi connectivity index (χ0v) is 38.5. The molecule has 9 aromatic carbocycles.